The number of nitrogens with two attached hydrogens (primary N) is 1. The highest BCUT2D eigenvalue weighted by molar-refractivity contribution is 6.03. The van der Waals surface area contributed by atoms with Gasteiger partial charge in [-0.15, -0.1) is 0 Å². The number of anilines is 2. The van der Waals surface area contributed by atoms with Gasteiger partial charge in [0.05, 0.1) is 12.8 Å². The van der Waals surface area contributed by atoms with Crippen molar-refractivity contribution in [2.24, 2.45) is 7.05 Å². The molecule has 33 heavy (non-hydrogen) atoms. The van der Waals surface area contributed by atoms with E-state index in [0.717, 1.165) is 9.13 Å². The smallest absolute Gasteiger partial charge is 0.337 e. The molecule has 0 aliphatic heterocycles. The quantitative estimate of drug-likeness (QED) is 0.332. The second-order valence-corrected chi connectivity index (χ2v) is 6.90. The van der Waals surface area contributed by atoms with Crippen LogP contribution in [-0.2, 0) is 16.6 Å². The molecular weight excluding hydrogens is 428 g/mol. The van der Waals surface area contributed by atoms with E-state index in [1.165, 1.54) is 39.3 Å². The molecule has 0 radical (unpaired) electrons. The van der Waals surface area contributed by atoms with Gasteiger partial charge in [0.2, 0.25) is 5.91 Å². The van der Waals surface area contributed by atoms with Gasteiger partial charge in [-0.3, -0.25) is 19.0 Å². The molecule has 3 rings (SSSR count). The summed E-state index contributed by atoms with van der Waals surface area (Å²) < 4.78 is 12.2. The molecule has 0 spiro atoms. The number of carbonyl (C=O) groups is 2. The molecule has 3 N–H and O–H groups in total. The minimum absolute atomic E-state index is 0.191. The van der Waals surface area contributed by atoms with E-state index < -0.39 is 23.1 Å². The molecule has 10 nitrogen and oxygen atoms in total. The number of amides is 1. The summed E-state index contributed by atoms with van der Waals surface area (Å²) in [7, 11) is 2.72. The predicted octanol–water partition coefficient (Wildman–Crippen LogP) is 1.70. The van der Waals surface area contributed by atoms with Gasteiger partial charge >= 0.3 is 11.7 Å². The lowest BCUT2D eigenvalue weighted by Gasteiger charge is -2.15. The van der Waals surface area contributed by atoms with Crippen molar-refractivity contribution >= 4 is 29.5 Å². The molecule has 0 aliphatic carbocycles. The molecule has 0 fully saturated rings. The summed E-state index contributed by atoms with van der Waals surface area (Å²) in [5.74, 6) is -0.776. The first-order chi connectivity index (χ1) is 15.7. The third kappa shape index (κ3) is 5.01. The molecule has 2 aromatic carbocycles. The maximum Gasteiger partial charge on any atom is 0.337 e. The molecular formula is C23H22N4O6. The summed E-state index contributed by atoms with van der Waals surface area (Å²) in [5, 5.41) is 2.45. The fraction of sp³-hybridized carbons (Fsp3) is 0.130. The number of rotatable bonds is 6. The Labute approximate surface area is 188 Å². The van der Waals surface area contributed by atoms with Gasteiger partial charge in [0.15, 0.2) is 11.5 Å². The maximum absolute atomic E-state index is 12.6. The molecule has 0 saturated carbocycles. The van der Waals surface area contributed by atoms with Crippen LogP contribution >= 0.6 is 0 Å². The fourth-order valence-corrected chi connectivity index (χ4v) is 3.04. The molecule has 170 valence electrons. The number of nitrogens with zero attached hydrogens (tertiary/aromatic N) is 2. The number of nitrogen functional groups attached to an aromatic ring is 1. The van der Waals surface area contributed by atoms with Gasteiger partial charge < -0.3 is 20.5 Å². The molecule has 3 aromatic rings. The highest BCUT2D eigenvalue weighted by Gasteiger charge is 2.17. The Bertz CT molecular complexity index is 1360. The minimum atomic E-state index is -0.737. The molecule has 0 saturated heterocycles. The number of hydrogen-bond acceptors (Lipinski definition) is 7. The van der Waals surface area contributed by atoms with E-state index >= 15 is 0 Å². The van der Waals surface area contributed by atoms with Crippen LogP contribution in [0.15, 0.2) is 64.2 Å². The Morgan fingerprint density at radius 1 is 1.06 bits per heavy atom. The highest BCUT2D eigenvalue weighted by Crippen LogP contribution is 2.28. The first kappa shape index (κ1) is 23.1. The summed E-state index contributed by atoms with van der Waals surface area (Å²) in [6, 6.07) is 13.2. The molecule has 0 aliphatic rings. The van der Waals surface area contributed by atoms with Crippen LogP contribution in [0.2, 0.25) is 0 Å². The van der Waals surface area contributed by atoms with Crippen LogP contribution in [0.25, 0.3) is 11.8 Å². The lowest BCUT2D eigenvalue weighted by Crippen LogP contribution is -2.40. The number of nitrogens with one attached hydrogen (secondary N) is 1. The van der Waals surface area contributed by atoms with Crippen molar-refractivity contribution in [1.29, 1.82) is 0 Å². The Kier molecular flexibility index (Phi) is 6.77. The summed E-state index contributed by atoms with van der Waals surface area (Å²) >= 11 is 0. The van der Waals surface area contributed by atoms with Crippen LogP contribution in [0.4, 0.5) is 11.5 Å². The summed E-state index contributed by atoms with van der Waals surface area (Å²) in [6.07, 6.45) is 2.67. The Balaban J connectivity index is 1.90. The lowest BCUT2D eigenvalue weighted by atomic mass is 10.2. The Hall–Kier alpha value is -4.60. The van der Waals surface area contributed by atoms with E-state index in [1.54, 1.807) is 42.5 Å². The van der Waals surface area contributed by atoms with Gasteiger partial charge in [-0.05, 0) is 35.9 Å². The normalized spacial score (nSPS) is 10.8. The molecule has 1 heterocycles. The molecule has 0 unspecified atom stereocenters. The van der Waals surface area contributed by atoms with Crippen molar-refractivity contribution in [2.45, 2.75) is 6.92 Å². The van der Waals surface area contributed by atoms with Gasteiger partial charge in [0, 0.05) is 20.0 Å². The number of para-hydroxylation sites is 1. The van der Waals surface area contributed by atoms with Gasteiger partial charge in [0.1, 0.15) is 11.5 Å². The van der Waals surface area contributed by atoms with Crippen LogP contribution in [0.3, 0.4) is 0 Å². The van der Waals surface area contributed by atoms with Gasteiger partial charge in [-0.1, -0.05) is 24.3 Å². The number of hydrogen-bond donors (Lipinski definition) is 2. The number of benzene rings is 2. The third-order valence-corrected chi connectivity index (χ3v) is 4.62. The number of esters is 1. The monoisotopic (exact) mass is 450 g/mol. The van der Waals surface area contributed by atoms with Crippen molar-refractivity contribution in [3.8, 4) is 17.2 Å². The molecule has 1 amide bonds. The average molecular weight is 450 g/mol. The zero-order valence-corrected chi connectivity index (χ0v) is 18.2. The third-order valence-electron chi connectivity index (χ3n) is 4.62. The van der Waals surface area contributed by atoms with Crippen molar-refractivity contribution < 1.29 is 19.1 Å². The zero-order chi connectivity index (χ0) is 24.1. The van der Waals surface area contributed by atoms with E-state index in [0.29, 0.717) is 17.0 Å². The van der Waals surface area contributed by atoms with Crippen molar-refractivity contribution in [1.82, 2.24) is 9.13 Å². The lowest BCUT2D eigenvalue weighted by molar-refractivity contribution is -0.132. The van der Waals surface area contributed by atoms with Crippen molar-refractivity contribution in [3.05, 3.63) is 81.0 Å². The van der Waals surface area contributed by atoms with Crippen LogP contribution in [-0.4, -0.2) is 28.1 Å². The molecule has 10 heteroatoms. The number of aromatic nitrogens is 2. The van der Waals surface area contributed by atoms with Crippen LogP contribution < -0.4 is 31.8 Å². The molecule has 0 atom stereocenters. The van der Waals surface area contributed by atoms with Gasteiger partial charge in [0.25, 0.3) is 5.56 Å². The standard InChI is InChI=1S/C23H22N4O6/c1-14(28)33-17-11-9-15(13-18(17)32-3)10-12-19(29)25-20-21(24)27(16-7-5-4-6-8-16)23(31)26(2)22(20)30/h4-13H,24H2,1-3H3,(H,25,29). The maximum atomic E-state index is 12.6. The topological polar surface area (TPSA) is 135 Å². The average Bonchev–Trinajstić information content (AvgIpc) is 2.80. The van der Waals surface area contributed by atoms with E-state index in [1.807, 2.05) is 0 Å². The van der Waals surface area contributed by atoms with Gasteiger partial charge in [-0.2, -0.15) is 0 Å². The van der Waals surface area contributed by atoms with Crippen LogP contribution in [0.5, 0.6) is 11.5 Å². The summed E-state index contributed by atoms with van der Waals surface area (Å²) in [4.78, 5) is 48.9. The van der Waals surface area contributed by atoms with E-state index in [9.17, 15) is 19.2 Å². The fourth-order valence-electron chi connectivity index (χ4n) is 3.04. The first-order valence-electron chi connectivity index (χ1n) is 9.75. The number of methoxy groups -OCH3 is 1. The Morgan fingerprint density at radius 2 is 1.76 bits per heavy atom. The highest BCUT2D eigenvalue weighted by atomic mass is 16.6. The number of ether oxygens (including phenoxy) is 2. The predicted molar refractivity (Wildman–Crippen MR) is 124 cm³/mol. The second kappa shape index (κ2) is 9.69. The van der Waals surface area contributed by atoms with Crippen LogP contribution in [0, 0.1) is 0 Å². The first-order valence-corrected chi connectivity index (χ1v) is 9.75. The summed E-state index contributed by atoms with van der Waals surface area (Å²) in [6.45, 7) is 1.27. The minimum Gasteiger partial charge on any atom is -0.493 e. The summed E-state index contributed by atoms with van der Waals surface area (Å²) in [5.41, 5.74) is 5.51. The van der Waals surface area contributed by atoms with Crippen molar-refractivity contribution in [3.63, 3.8) is 0 Å². The number of carbonyl (C=O) groups excluding carboxylic acids is 2. The molecule has 0 bridgehead atoms. The largest absolute Gasteiger partial charge is 0.493 e. The van der Waals surface area contributed by atoms with Crippen LogP contribution in [0.1, 0.15) is 12.5 Å². The van der Waals surface area contributed by atoms with E-state index in [-0.39, 0.29) is 17.3 Å². The van der Waals surface area contributed by atoms with E-state index in [4.69, 9.17) is 15.2 Å². The Morgan fingerprint density at radius 3 is 2.39 bits per heavy atom. The van der Waals surface area contributed by atoms with E-state index in [2.05, 4.69) is 5.32 Å². The van der Waals surface area contributed by atoms with Crippen molar-refractivity contribution in [2.75, 3.05) is 18.2 Å². The molecule has 1 aromatic heterocycles. The van der Waals surface area contributed by atoms with Gasteiger partial charge in [-0.25, -0.2) is 9.36 Å². The zero-order valence-electron chi connectivity index (χ0n) is 18.2. The SMILES string of the molecule is COc1cc(C=CC(=O)Nc2c(N)n(-c3ccccc3)c(=O)n(C)c2=O)ccc1OC(C)=O. The second-order valence-electron chi connectivity index (χ2n) is 6.90.